The Bertz CT molecular complexity index is 384. The van der Waals surface area contributed by atoms with Crippen LogP contribution < -0.4 is 10.1 Å². The summed E-state index contributed by atoms with van der Waals surface area (Å²) in [5.74, 6) is 0.521. The highest BCUT2D eigenvalue weighted by atomic mass is 35.5. The Morgan fingerprint density at radius 2 is 2.25 bits per heavy atom. The number of hydrogen-bond acceptors (Lipinski definition) is 3. The minimum absolute atomic E-state index is 0.0307. The zero-order valence-electron chi connectivity index (χ0n) is 9.41. The quantitative estimate of drug-likeness (QED) is 0.903. The number of methoxy groups -OCH3 is 1. The van der Waals surface area contributed by atoms with Crippen molar-refractivity contribution >= 4 is 35.0 Å². The van der Waals surface area contributed by atoms with Gasteiger partial charge in [0.05, 0.1) is 17.4 Å². The molecule has 0 saturated heterocycles. The van der Waals surface area contributed by atoms with E-state index in [-0.39, 0.29) is 11.2 Å². The van der Waals surface area contributed by atoms with Crippen molar-refractivity contribution < 1.29 is 9.53 Å². The number of halogens is 1. The molecule has 0 saturated carbocycles. The molecule has 0 aromatic heterocycles. The molecule has 0 unspecified atom stereocenters. The highest BCUT2D eigenvalue weighted by molar-refractivity contribution is 7.99. The first-order valence-electron chi connectivity index (χ1n) is 4.75. The summed E-state index contributed by atoms with van der Waals surface area (Å²) < 4.78 is 5.07. The second-order valence-electron chi connectivity index (χ2n) is 3.22. The normalized spacial score (nSPS) is 12.0. The molecule has 1 rings (SSSR count). The number of hydrogen-bond donors (Lipinski definition) is 1. The van der Waals surface area contributed by atoms with E-state index in [1.807, 2.05) is 13.2 Å². The van der Waals surface area contributed by atoms with Crippen LogP contribution in [-0.2, 0) is 4.79 Å². The van der Waals surface area contributed by atoms with Gasteiger partial charge in [-0.2, -0.15) is 11.8 Å². The predicted molar refractivity (Wildman–Crippen MR) is 69.6 cm³/mol. The van der Waals surface area contributed by atoms with Gasteiger partial charge in [0.1, 0.15) is 5.75 Å². The number of thioether (sulfide) groups is 1. The van der Waals surface area contributed by atoms with Crippen molar-refractivity contribution in [2.75, 3.05) is 18.7 Å². The highest BCUT2D eigenvalue weighted by Gasteiger charge is 2.11. The first kappa shape index (κ1) is 13.2. The van der Waals surface area contributed by atoms with Crippen LogP contribution in [0.15, 0.2) is 18.2 Å². The van der Waals surface area contributed by atoms with Crippen molar-refractivity contribution in [1.29, 1.82) is 0 Å². The molecule has 0 aliphatic rings. The summed E-state index contributed by atoms with van der Waals surface area (Å²) in [5, 5.41) is 3.24. The number of ether oxygens (including phenoxy) is 1. The van der Waals surface area contributed by atoms with Crippen molar-refractivity contribution in [2.45, 2.75) is 12.2 Å². The molecule has 3 nitrogen and oxygen atoms in total. The van der Waals surface area contributed by atoms with E-state index >= 15 is 0 Å². The third kappa shape index (κ3) is 3.32. The zero-order chi connectivity index (χ0) is 12.1. The molecule has 0 spiro atoms. The molecule has 1 aromatic carbocycles. The Kier molecular flexibility index (Phi) is 4.96. The van der Waals surface area contributed by atoms with Crippen LogP contribution in [0.2, 0.25) is 5.02 Å². The van der Waals surface area contributed by atoms with E-state index in [2.05, 4.69) is 5.32 Å². The zero-order valence-corrected chi connectivity index (χ0v) is 11.0. The van der Waals surface area contributed by atoms with Crippen molar-refractivity contribution in [3.05, 3.63) is 23.2 Å². The average molecular weight is 260 g/mol. The summed E-state index contributed by atoms with van der Waals surface area (Å²) in [7, 11) is 1.54. The van der Waals surface area contributed by atoms with Crippen LogP contribution in [-0.4, -0.2) is 24.5 Å². The van der Waals surface area contributed by atoms with E-state index in [4.69, 9.17) is 16.3 Å². The van der Waals surface area contributed by atoms with Crippen LogP contribution in [0.3, 0.4) is 0 Å². The number of amides is 1. The largest absolute Gasteiger partial charge is 0.495 e. The van der Waals surface area contributed by atoms with E-state index in [0.29, 0.717) is 16.5 Å². The van der Waals surface area contributed by atoms with Gasteiger partial charge in [0.25, 0.3) is 0 Å². The lowest BCUT2D eigenvalue weighted by molar-refractivity contribution is -0.115. The van der Waals surface area contributed by atoms with E-state index in [0.717, 1.165) is 0 Å². The minimum Gasteiger partial charge on any atom is -0.495 e. The summed E-state index contributed by atoms with van der Waals surface area (Å²) in [4.78, 5) is 11.6. The third-order valence-corrected chi connectivity index (χ3v) is 3.37. The highest BCUT2D eigenvalue weighted by Crippen LogP contribution is 2.27. The number of benzene rings is 1. The van der Waals surface area contributed by atoms with E-state index in [1.54, 1.807) is 18.2 Å². The third-order valence-electron chi connectivity index (χ3n) is 2.14. The van der Waals surface area contributed by atoms with Crippen LogP contribution in [0, 0.1) is 0 Å². The molecule has 5 heteroatoms. The van der Waals surface area contributed by atoms with Crippen LogP contribution in [0.1, 0.15) is 6.92 Å². The molecule has 1 N–H and O–H groups in total. The monoisotopic (exact) mass is 259 g/mol. The van der Waals surface area contributed by atoms with Gasteiger partial charge in [-0.1, -0.05) is 11.6 Å². The van der Waals surface area contributed by atoms with Crippen LogP contribution in [0.5, 0.6) is 5.75 Å². The number of rotatable bonds is 4. The molecule has 1 atom stereocenters. The fourth-order valence-electron chi connectivity index (χ4n) is 1.09. The average Bonchev–Trinajstić information content (AvgIpc) is 2.30. The van der Waals surface area contributed by atoms with Gasteiger partial charge in [-0.15, -0.1) is 0 Å². The SMILES string of the molecule is COc1cc(NC(=O)[C@H](C)SC)ccc1Cl. The second-order valence-corrected chi connectivity index (χ2v) is 4.80. The predicted octanol–water partition coefficient (Wildman–Crippen LogP) is 3.04. The standard InChI is InChI=1S/C11H14ClNO2S/c1-7(16-3)11(14)13-8-4-5-9(12)10(6-8)15-2/h4-7H,1-3H3,(H,13,14)/t7-/m0/s1. The number of anilines is 1. The smallest absolute Gasteiger partial charge is 0.237 e. The summed E-state index contributed by atoms with van der Waals surface area (Å²) in [5.41, 5.74) is 0.687. The molecule has 0 aliphatic heterocycles. The summed E-state index contributed by atoms with van der Waals surface area (Å²) >= 11 is 7.38. The van der Waals surface area contributed by atoms with Crippen molar-refractivity contribution in [3.63, 3.8) is 0 Å². The molecule has 0 bridgehead atoms. The summed E-state index contributed by atoms with van der Waals surface area (Å²) in [6, 6.07) is 5.14. The van der Waals surface area contributed by atoms with Gasteiger partial charge in [0, 0.05) is 11.8 Å². The maximum absolute atomic E-state index is 11.6. The Labute approximate surface area is 105 Å². The topological polar surface area (TPSA) is 38.3 Å². The van der Waals surface area contributed by atoms with E-state index < -0.39 is 0 Å². The number of carbonyl (C=O) groups is 1. The van der Waals surface area contributed by atoms with Crippen molar-refractivity contribution in [2.24, 2.45) is 0 Å². The van der Waals surface area contributed by atoms with Crippen molar-refractivity contribution in [1.82, 2.24) is 0 Å². The molecule has 1 amide bonds. The van der Waals surface area contributed by atoms with E-state index in [9.17, 15) is 4.79 Å². The second kappa shape index (κ2) is 6.01. The van der Waals surface area contributed by atoms with Gasteiger partial charge in [0.15, 0.2) is 0 Å². The molecule has 1 aromatic rings. The number of nitrogens with one attached hydrogen (secondary N) is 1. The Morgan fingerprint density at radius 3 is 2.81 bits per heavy atom. The molecule has 0 heterocycles. The fraction of sp³-hybridized carbons (Fsp3) is 0.364. The maximum Gasteiger partial charge on any atom is 0.237 e. The first-order valence-corrected chi connectivity index (χ1v) is 6.42. The van der Waals surface area contributed by atoms with Gasteiger partial charge in [-0.05, 0) is 25.3 Å². The van der Waals surface area contributed by atoms with Gasteiger partial charge >= 0.3 is 0 Å². The lowest BCUT2D eigenvalue weighted by atomic mass is 10.3. The molecule has 16 heavy (non-hydrogen) atoms. The molecule has 0 radical (unpaired) electrons. The maximum atomic E-state index is 11.6. The first-order chi connectivity index (χ1) is 7.58. The summed E-state index contributed by atoms with van der Waals surface area (Å²) in [6.45, 7) is 1.85. The lowest BCUT2D eigenvalue weighted by Crippen LogP contribution is -2.21. The van der Waals surface area contributed by atoms with Gasteiger partial charge in [-0.25, -0.2) is 0 Å². The van der Waals surface area contributed by atoms with Crippen molar-refractivity contribution in [3.8, 4) is 5.75 Å². The Morgan fingerprint density at radius 1 is 1.56 bits per heavy atom. The molecular formula is C11H14ClNO2S. The lowest BCUT2D eigenvalue weighted by Gasteiger charge is -2.11. The molecule has 0 aliphatic carbocycles. The van der Waals surface area contributed by atoms with Crippen LogP contribution in [0.4, 0.5) is 5.69 Å². The van der Waals surface area contributed by atoms with Crippen LogP contribution >= 0.6 is 23.4 Å². The van der Waals surface area contributed by atoms with Crippen LogP contribution in [0.25, 0.3) is 0 Å². The van der Waals surface area contributed by atoms with E-state index in [1.165, 1.54) is 18.9 Å². The van der Waals surface area contributed by atoms with Gasteiger partial charge in [0.2, 0.25) is 5.91 Å². The fourth-order valence-corrected chi connectivity index (χ4v) is 1.56. The summed E-state index contributed by atoms with van der Waals surface area (Å²) in [6.07, 6.45) is 1.90. The molecule has 0 fully saturated rings. The Hall–Kier alpha value is -0.870. The minimum atomic E-state index is -0.0818. The van der Waals surface area contributed by atoms with Gasteiger partial charge < -0.3 is 10.1 Å². The number of carbonyl (C=O) groups excluding carboxylic acids is 1. The van der Waals surface area contributed by atoms with Gasteiger partial charge in [-0.3, -0.25) is 4.79 Å². The molecule has 88 valence electrons. The Balaban J connectivity index is 2.78. The molecular weight excluding hydrogens is 246 g/mol.